The highest BCUT2D eigenvalue weighted by Gasteiger charge is 2.33. The molecule has 0 aromatic carbocycles. The van der Waals surface area contributed by atoms with Crippen molar-refractivity contribution in [3.05, 3.63) is 41.7 Å². The highest BCUT2D eigenvalue weighted by Crippen LogP contribution is 2.45. The largest absolute Gasteiger partial charge is 0.454 e. The summed E-state index contributed by atoms with van der Waals surface area (Å²) < 4.78 is 1.03. The monoisotopic (exact) mass is 598 g/mol. The van der Waals surface area contributed by atoms with Gasteiger partial charge in [0.2, 0.25) is 0 Å². The third-order valence-corrected chi connectivity index (χ3v) is 10.3. The van der Waals surface area contributed by atoms with Gasteiger partial charge in [-0.15, -0.1) is 31.9 Å². The van der Waals surface area contributed by atoms with Gasteiger partial charge in [0.1, 0.15) is 0 Å². The molecule has 3 aliphatic carbocycles. The lowest BCUT2D eigenvalue weighted by Gasteiger charge is -2.15. The number of hydrogen-bond donors (Lipinski definition) is 4. The van der Waals surface area contributed by atoms with Gasteiger partial charge in [-0.2, -0.15) is 0 Å². The molecular weight excluding hydrogens is 566 g/mol. The molecule has 1 atom stereocenters. The van der Waals surface area contributed by atoms with Crippen molar-refractivity contribution >= 4 is 66.8 Å². The fraction of sp³-hybridized carbons (Fsp3) is 0.583. The molecule has 0 spiro atoms. The first-order chi connectivity index (χ1) is 16.8. The van der Waals surface area contributed by atoms with Crippen LogP contribution in [0.15, 0.2) is 15.9 Å². The van der Waals surface area contributed by atoms with Crippen LogP contribution in [0, 0.1) is 0 Å². The van der Waals surface area contributed by atoms with E-state index in [1.165, 1.54) is 66.7 Å². The average molecular weight is 599 g/mol. The minimum Gasteiger partial charge on any atom is -0.427 e. The first kappa shape index (κ1) is 27.3. The van der Waals surface area contributed by atoms with Crippen LogP contribution in [0.4, 0.5) is 0 Å². The van der Waals surface area contributed by atoms with E-state index in [2.05, 4.69) is 41.9 Å². The van der Waals surface area contributed by atoms with Crippen molar-refractivity contribution in [2.24, 2.45) is 0 Å². The van der Waals surface area contributed by atoms with Gasteiger partial charge in [-0.05, 0) is 82.3 Å². The molecule has 4 N–H and O–H groups in total. The molecule has 6 nitrogen and oxygen atoms in total. The van der Waals surface area contributed by atoms with Crippen LogP contribution < -0.4 is 10.6 Å². The molecule has 0 saturated heterocycles. The van der Waals surface area contributed by atoms with E-state index >= 15 is 0 Å². The normalized spacial score (nSPS) is 20.1. The molecule has 190 valence electrons. The first-order valence-electron chi connectivity index (χ1n) is 12.4. The molecule has 2 amide bonds. The van der Waals surface area contributed by atoms with E-state index in [-0.39, 0.29) is 17.6 Å². The Morgan fingerprint density at radius 2 is 1.43 bits per heavy atom. The van der Waals surface area contributed by atoms with E-state index < -0.39 is 7.12 Å². The highest BCUT2D eigenvalue weighted by atomic mass is 79.9. The standard InChI is InChI=1S/C9H9NOS.C6H4BrNOS.C6H13P.C3H7BO2/c11-9-8-6(4-10-9)3-7(12-8)5-1-2-5;7-4-1-3-2-8-6(9)5(3)10-4;7-6-4-2-1-3-5-6;5-4(6)3-1-2-3/h3,5H,1-2,4H2,(H,10,11);1H,2H2,(H,8,9);6H,1-5,7H2;3,5-6H,1-2H2. The van der Waals surface area contributed by atoms with E-state index in [4.69, 9.17) is 10.0 Å². The molecule has 2 aromatic rings. The van der Waals surface area contributed by atoms with Crippen molar-refractivity contribution in [1.29, 1.82) is 0 Å². The van der Waals surface area contributed by atoms with Gasteiger partial charge < -0.3 is 20.7 Å². The van der Waals surface area contributed by atoms with Crippen LogP contribution in [0.5, 0.6) is 0 Å². The summed E-state index contributed by atoms with van der Waals surface area (Å²) in [5, 5.41) is 22.1. The fourth-order valence-corrected chi connectivity index (χ4v) is 7.42. The first-order valence-corrected chi connectivity index (χ1v) is 15.5. The number of amides is 2. The zero-order valence-corrected chi connectivity index (χ0v) is 24.1. The lowest BCUT2D eigenvalue weighted by molar-refractivity contribution is 0.0961. The Morgan fingerprint density at radius 1 is 0.857 bits per heavy atom. The SMILES string of the molecule is O=C1NCc2cc(Br)sc21.O=C1NCc2cc(C3CC3)sc21.OB(O)C1CC1.PC1CCCCC1. The van der Waals surface area contributed by atoms with E-state index in [0.717, 1.165) is 50.1 Å². The minimum atomic E-state index is -1.04. The molecule has 11 heteroatoms. The summed E-state index contributed by atoms with van der Waals surface area (Å²) in [5.74, 6) is 1.19. The van der Waals surface area contributed by atoms with E-state index in [0.29, 0.717) is 6.54 Å². The van der Waals surface area contributed by atoms with Gasteiger partial charge >= 0.3 is 7.12 Å². The molecule has 2 aliphatic heterocycles. The minimum absolute atomic E-state index is 0.0608. The zero-order chi connectivity index (χ0) is 24.9. The summed E-state index contributed by atoms with van der Waals surface area (Å²) in [6, 6.07) is 4.19. The molecule has 7 rings (SSSR count). The molecule has 3 saturated carbocycles. The van der Waals surface area contributed by atoms with Crippen molar-refractivity contribution in [3.63, 3.8) is 0 Å². The summed E-state index contributed by atoms with van der Waals surface area (Å²) in [6.45, 7) is 1.44. The zero-order valence-electron chi connectivity index (χ0n) is 19.7. The number of hydrogen-bond acceptors (Lipinski definition) is 6. The van der Waals surface area contributed by atoms with Crippen LogP contribution in [0.2, 0.25) is 5.82 Å². The van der Waals surface area contributed by atoms with Gasteiger partial charge in [0.05, 0.1) is 13.5 Å². The van der Waals surface area contributed by atoms with Crippen LogP contribution in [-0.2, 0) is 13.1 Å². The predicted molar refractivity (Wildman–Crippen MR) is 150 cm³/mol. The third-order valence-electron chi connectivity index (χ3n) is 6.57. The maximum atomic E-state index is 11.2. The Balaban J connectivity index is 0.000000114. The van der Waals surface area contributed by atoms with Crippen LogP contribution in [0.25, 0.3) is 0 Å². The van der Waals surface area contributed by atoms with Crippen LogP contribution in [-0.4, -0.2) is 34.6 Å². The van der Waals surface area contributed by atoms with E-state index in [9.17, 15) is 9.59 Å². The second kappa shape index (κ2) is 12.7. The maximum Gasteiger partial charge on any atom is 0.454 e. The van der Waals surface area contributed by atoms with Crippen LogP contribution in [0.3, 0.4) is 0 Å². The van der Waals surface area contributed by atoms with Crippen molar-refractivity contribution in [1.82, 2.24) is 10.6 Å². The smallest absolute Gasteiger partial charge is 0.427 e. The average Bonchev–Trinajstić information content (AvgIpc) is 3.73. The second-order valence-electron chi connectivity index (χ2n) is 9.70. The van der Waals surface area contributed by atoms with Crippen LogP contribution in [0.1, 0.15) is 99.1 Å². The van der Waals surface area contributed by atoms with Crippen molar-refractivity contribution in [2.45, 2.75) is 88.3 Å². The molecule has 0 radical (unpaired) electrons. The predicted octanol–water partition coefficient (Wildman–Crippen LogP) is 5.44. The van der Waals surface area contributed by atoms with Gasteiger partial charge in [-0.1, -0.05) is 32.1 Å². The molecule has 2 aromatic heterocycles. The lowest BCUT2D eigenvalue weighted by atomic mass is 9.84. The van der Waals surface area contributed by atoms with Crippen molar-refractivity contribution < 1.29 is 19.6 Å². The number of nitrogens with one attached hydrogen (secondary N) is 2. The highest BCUT2D eigenvalue weighted by molar-refractivity contribution is 9.11. The molecule has 3 fully saturated rings. The Labute approximate surface area is 226 Å². The van der Waals surface area contributed by atoms with Gasteiger partial charge in [0.15, 0.2) is 0 Å². The maximum absolute atomic E-state index is 11.2. The molecule has 5 aliphatic rings. The summed E-state index contributed by atoms with van der Waals surface area (Å²) in [6.07, 6.45) is 11.9. The molecule has 4 heterocycles. The van der Waals surface area contributed by atoms with Gasteiger partial charge in [0, 0.05) is 18.0 Å². The Hall–Kier alpha value is -0.765. The Kier molecular flexibility index (Phi) is 9.86. The summed E-state index contributed by atoms with van der Waals surface area (Å²) >= 11 is 6.50. The fourth-order valence-electron chi connectivity index (χ4n) is 4.10. The lowest BCUT2D eigenvalue weighted by Crippen LogP contribution is -2.12. The van der Waals surface area contributed by atoms with Crippen LogP contribution >= 0.6 is 47.8 Å². The molecule has 1 unspecified atom stereocenters. The van der Waals surface area contributed by atoms with Gasteiger partial charge in [-0.25, -0.2) is 0 Å². The summed E-state index contributed by atoms with van der Waals surface area (Å²) in [5.41, 5.74) is 3.28. The number of thiophene rings is 2. The quantitative estimate of drug-likeness (QED) is 0.273. The molecule has 0 bridgehead atoms. The number of fused-ring (bicyclic) bond motifs is 2. The van der Waals surface area contributed by atoms with Crippen molar-refractivity contribution in [2.75, 3.05) is 0 Å². The number of halogens is 1. The second-order valence-corrected chi connectivity index (χ2v) is 14.2. The molecular formula is C24H33BBrN2O4PS2. The summed E-state index contributed by atoms with van der Waals surface area (Å²) in [4.78, 5) is 25.4. The van der Waals surface area contributed by atoms with E-state index in [1.807, 2.05) is 6.07 Å². The number of carbonyl (C=O) groups excluding carboxylic acids is 2. The summed E-state index contributed by atoms with van der Waals surface area (Å²) in [7, 11) is 1.87. The Bertz CT molecular complexity index is 1030. The van der Waals surface area contributed by atoms with Crippen molar-refractivity contribution in [3.8, 4) is 0 Å². The van der Waals surface area contributed by atoms with E-state index in [1.54, 1.807) is 11.3 Å². The van der Waals surface area contributed by atoms with Gasteiger partial charge in [-0.3, -0.25) is 9.59 Å². The number of carbonyl (C=O) groups is 2. The number of rotatable bonds is 2. The third kappa shape index (κ3) is 8.11. The topological polar surface area (TPSA) is 98.7 Å². The Morgan fingerprint density at radius 3 is 1.83 bits per heavy atom. The van der Waals surface area contributed by atoms with Gasteiger partial charge in [0.25, 0.3) is 11.8 Å². The molecule has 35 heavy (non-hydrogen) atoms.